The first-order valence-electron chi connectivity index (χ1n) is 6.10. The highest BCUT2D eigenvalue weighted by molar-refractivity contribution is 7.19. The fourth-order valence-electron chi connectivity index (χ4n) is 1.61. The minimum atomic E-state index is -0.540. The van der Waals surface area contributed by atoms with Crippen molar-refractivity contribution >= 4 is 39.5 Å². The summed E-state index contributed by atoms with van der Waals surface area (Å²) in [4.78, 5) is 25.5. The Hall–Kier alpha value is -3.05. The second-order valence-corrected chi connectivity index (χ2v) is 5.19. The van der Waals surface area contributed by atoms with Crippen LogP contribution in [0.5, 0.6) is 0 Å². The molecule has 0 radical (unpaired) electrons. The maximum Gasteiger partial charge on any atom is 0.353 e. The minimum Gasteiger partial charge on any atom is -0.302 e. The zero-order valence-electron chi connectivity index (χ0n) is 11.4. The number of thiazole rings is 1. The molecule has 1 N–H and O–H groups in total. The Balaban J connectivity index is 2.28. The van der Waals surface area contributed by atoms with Crippen LogP contribution >= 0.6 is 11.3 Å². The Bertz CT molecular complexity index is 787. The van der Waals surface area contributed by atoms with Crippen LogP contribution in [0.25, 0.3) is 12.2 Å². The molecule has 22 heavy (non-hydrogen) atoms. The molecule has 2 aromatic rings. The fraction of sp³-hybridized carbons (Fsp3) is 0.0714. The van der Waals surface area contributed by atoms with E-state index in [1.807, 2.05) is 6.07 Å². The minimum absolute atomic E-state index is 0.145. The molecule has 0 fully saturated rings. The van der Waals surface area contributed by atoms with E-state index in [1.54, 1.807) is 30.3 Å². The van der Waals surface area contributed by atoms with Crippen LogP contribution in [-0.2, 0) is 4.79 Å². The summed E-state index contributed by atoms with van der Waals surface area (Å²) in [6.45, 7) is 1.31. The number of amides is 1. The van der Waals surface area contributed by atoms with Gasteiger partial charge in [0.05, 0.1) is 16.6 Å². The number of aromatic nitrogens is 1. The van der Waals surface area contributed by atoms with Crippen LogP contribution in [0, 0.1) is 21.4 Å². The summed E-state index contributed by atoms with van der Waals surface area (Å²) >= 11 is 0.801. The van der Waals surface area contributed by atoms with Crippen LogP contribution in [0.4, 0.5) is 10.1 Å². The SMILES string of the molecule is CC(=O)Nc1nc(/C=C\c2ccc(C#N)cc2)c([N+](=O)[O-])s1. The molecule has 0 spiro atoms. The predicted molar refractivity (Wildman–Crippen MR) is 83.2 cm³/mol. The Morgan fingerprint density at radius 2 is 2.09 bits per heavy atom. The van der Waals surface area contributed by atoms with E-state index < -0.39 is 4.92 Å². The fourth-order valence-corrected chi connectivity index (χ4v) is 2.43. The summed E-state index contributed by atoms with van der Waals surface area (Å²) in [5.74, 6) is -0.341. The van der Waals surface area contributed by atoms with Gasteiger partial charge in [-0.2, -0.15) is 5.26 Å². The Morgan fingerprint density at radius 3 is 2.64 bits per heavy atom. The second-order valence-electron chi connectivity index (χ2n) is 4.21. The molecule has 0 aliphatic heterocycles. The zero-order valence-corrected chi connectivity index (χ0v) is 12.3. The number of carbonyl (C=O) groups is 1. The van der Waals surface area contributed by atoms with E-state index in [-0.39, 0.29) is 21.7 Å². The molecule has 2 rings (SSSR count). The lowest BCUT2D eigenvalue weighted by molar-refractivity contribution is -0.380. The third-order valence-electron chi connectivity index (χ3n) is 2.56. The van der Waals surface area contributed by atoms with Gasteiger partial charge in [0, 0.05) is 6.92 Å². The first-order valence-corrected chi connectivity index (χ1v) is 6.92. The molecule has 1 aromatic heterocycles. The van der Waals surface area contributed by atoms with E-state index in [0.29, 0.717) is 5.56 Å². The van der Waals surface area contributed by atoms with Gasteiger partial charge in [-0.05, 0) is 35.1 Å². The largest absolute Gasteiger partial charge is 0.353 e. The molecule has 0 bridgehead atoms. The molecule has 0 aliphatic carbocycles. The molecule has 7 nitrogen and oxygen atoms in total. The zero-order chi connectivity index (χ0) is 16.1. The van der Waals surface area contributed by atoms with Crippen LogP contribution in [0.15, 0.2) is 24.3 Å². The number of carbonyl (C=O) groups excluding carboxylic acids is 1. The molecule has 0 saturated carbocycles. The molecule has 8 heteroatoms. The number of hydrogen-bond acceptors (Lipinski definition) is 6. The van der Waals surface area contributed by atoms with Gasteiger partial charge in [0.25, 0.3) is 0 Å². The van der Waals surface area contributed by atoms with Crippen LogP contribution in [0.1, 0.15) is 23.7 Å². The summed E-state index contributed by atoms with van der Waals surface area (Å²) in [5.41, 5.74) is 1.48. The van der Waals surface area contributed by atoms with Gasteiger partial charge >= 0.3 is 5.00 Å². The first-order chi connectivity index (χ1) is 10.5. The van der Waals surface area contributed by atoms with E-state index >= 15 is 0 Å². The molecule has 0 saturated heterocycles. The van der Waals surface area contributed by atoms with Crippen molar-refractivity contribution in [2.24, 2.45) is 0 Å². The number of rotatable bonds is 4. The van der Waals surface area contributed by atoms with Crippen LogP contribution < -0.4 is 5.32 Å². The third-order valence-corrected chi connectivity index (χ3v) is 3.49. The standard InChI is InChI=1S/C14H10N4O3S/c1-9(19)16-14-17-12(13(22-14)18(20)21)7-6-10-2-4-11(8-15)5-3-10/h2-7H,1H3,(H,16,17,19)/b7-6-. The van der Waals surface area contributed by atoms with Crippen molar-refractivity contribution in [1.82, 2.24) is 4.98 Å². The highest BCUT2D eigenvalue weighted by Crippen LogP contribution is 2.31. The number of nitrogens with one attached hydrogen (secondary N) is 1. The summed E-state index contributed by atoms with van der Waals surface area (Å²) in [6.07, 6.45) is 3.15. The Morgan fingerprint density at radius 1 is 1.41 bits per heavy atom. The quantitative estimate of drug-likeness (QED) is 0.689. The predicted octanol–water partition coefficient (Wildman–Crippen LogP) is 3.05. The van der Waals surface area contributed by atoms with Gasteiger partial charge in [0.2, 0.25) is 5.91 Å². The maximum absolute atomic E-state index is 11.0. The molecule has 1 aromatic carbocycles. The van der Waals surface area contributed by atoms with Gasteiger partial charge in [-0.1, -0.05) is 18.2 Å². The highest BCUT2D eigenvalue weighted by Gasteiger charge is 2.19. The second kappa shape index (κ2) is 6.60. The molecule has 1 amide bonds. The van der Waals surface area contributed by atoms with Crippen molar-refractivity contribution in [3.05, 3.63) is 51.2 Å². The lowest BCUT2D eigenvalue weighted by Crippen LogP contribution is -2.04. The normalized spacial score (nSPS) is 10.4. The molecule has 1 heterocycles. The van der Waals surface area contributed by atoms with Crippen molar-refractivity contribution in [3.8, 4) is 6.07 Å². The molecule has 110 valence electrons. The van der Waals surface area contributed by atoms with Crippen LogP contribution in [-0.4, -0.2) is 15.8 Å². The third kappa shape index (κ3) is 3.74. The van der Waals surface area contributed by atoms with Crippen molar-refractivity contribution in [2.75, 3.05) is 5.32 Å². The molecule has 0 atom stereocenters. The highest BCUT2D eigenvalue weighted by atomic mass is 32.1. The van der Waals surface area contributed by atoms with E-state index in [4.69, 9.17) is 5.26 Å². The van der Waals surface area contributed by atoms with Crippen LogP contribution in [0.2, 0.25) is 0 Å². The molecular formula is C14H10N4O3S. The molecular weight excluding hydrogens is 304 g/mol. The monoisotopic (exact) mass is 314 g/mol. The molecule has 0 aliphatic rings. The maximum atomic E-state index is 11.0. The van der Waals surface area contributed by atoms with Gasteiger partial charge in [0.15, 0.2) is 10.8 Å². The topological polar surface area (TPSA) is 109 Å². The van der Waals surface area contributed by atoms with Gasteiger partial charge in [0.1, 0.15) is 0 Å². The van der Waals surface area contributed by atoms with Gasteiger partial charge in [-0.3, -0.25) is 14.9 Å². The summed E-state index contributed by atoms with van der Waals surface area (Å²) in [7, 11) is 0. The average molecular weight is 314 g/mol. The van der Waals surface area contributed by atoms with Gasteiger partial charge in [-0.25, -0.2) is 4.98 Å². The first kappa shape index (κ1) is 15.3. The number of anilines is 1. The van der Waals surface area contributed by atoms with Gasteiger partial charge in [-0.15, -0.1) is 0 Å². The van der Waals surface area contributed by atoms with Crippen molar-refractivity contribution in [3.63, 3.8) is 0 Å². The van der Waals surface area contributed by atoms with E-state index in [9.17, 15) is 14.9 Å². The number of nitrogens with zero attached hydrogens (tertiary/aromatic N) is 3. The van der Waals surface area contributed by atoms with Crippen molar-refractivity contribution in [1.29, 1.82) is 5.26 Å². The van der Waals surface area contributed by atoms with E-state index in [0.717, 1.165) is 16.9 Å². The van der Waals surface area contributed by atoms with Gasteiger partial charge < -0.3 is 5.32 Å². The summed E-state index contributed by atoms with van der Waals surface area (Å²) in [5, 5.41) is 22.2. The number of benzene rings is 1. The van der Waals surface area contributed by atoms with Crippen molar-refractivity contribution < 1.29 is 9.72 Å². The van der Waals surface area contributed by atoms with E-state index in [1.165, 1.54) is 13.0 Å². The number of nitro groups is 1. The van der Waals surface area contributed by atoms with E-state index in [2.05, 4.69) is 10.3 Å². The van der Waals surface area contributed by atoms with Crippen molar-refractivity contribution in [2.45, 2.75) is 6.92 Å². The summed E-state index contributed by atoms with van der Waals surface area (Å²) < 4.78 is 0. The lowest BCUT2D eigenvalue weighted by Gasteiger charge is -1.93. The lowest BCUT2D eigenvalue weighted by atomic mass is 10.1. The summed E-state index contributed by atoms with van der Waals surface area (Å²) in [6, 6.07) is 8.76. The smallest absolute Gasteiger partial charge is 0.302 e. The molecule has 0 unspecified atom stereocenters. The number of nitriles is 1. The Kier molecular flexibility index (Phi) is 4.60. The average Bonchev–Trinajstić information content (AvgIpc) is 2.88. The number of hydrogen-bond donors (Lipinski definition) is 1. The Labute approximate surface area is 129 Å². The van der Waals surface area contributed by atoms with Crippen LogP contribution in [0.3, 0.4) is 0 Å².